The molecule has 1 unspecified atom stereocenters. The molecule has 22 heavy (non-hydrogen) atoms. The number of hydrogen-bond donors (Lipinski definition) is 1. The van der Waals surface area contributed by atoms with Crippen LogP contribution in [0.3, 0.4) is 0 Å². The van der Waals surface area contributed by atoms with Gasteiger partial charge in [-0.05, 0) is 17.2 Å². The van der Waals surface area contributed by atoms with Crippen molar-refractivity contribution in [3.05, 3.63) is 65.0 Å². The van der Waals surface area contributed by atoms with Crippen molar-refractivity contribution in [2.75, 3.05) is 7.11 Å². The van der Waals surface area contributed by atoms with E-state index in [9.17, 15) is 8.42 Å². The van der Waals surface area contributed by atoms with Gasteiger partial charge in [0, 0.05) is 22.6 Å². The Bertz CT molecular complexity index is 902. The minimum absolute atomic E-state index is 0.154. The van der Waals surface area contributed by atoms with E-state index in [1.807, 2.05) is 48.5 Å². The Morgan fingerprint density at radius 2 is 1.82 bits per heavy atom. The Labute approximate surface area is 133 Å². The lowest BCUT2D eigenvalue weighted by Crippen LogP contribution is -2.13. The summed E-state index contributed by atoms with van der Waals surface area (Å²) >= 11 is 1.36. The molecule has 3 rings (SSSR count). The molecular formula is C16H15NO3S2. The summed E-state index contributed by atoms with van der Waals surface area (Å²) in [6.45, 7) is 0. The second kappa shape index (κ2) is 5.81. The summed E-state index contributed by atoms with van der Waals surface area (Å²) in [5.41, 5.74) is 1.76. The highest BCUT2D eigenvalue weighted by atomic mass is 32.2. The van der Waals surface area contributed by atoms with Gasteiger partial charge in [-0.2, -0.15) is 0 Å². The number of ether oxygens (including phenoxy) is 1. The van der Waals surface area contributed by atoms with E-state index >= 15 is 0 Å². The Balaban J connectivity index is 2.28. The number of benzene rings is 2. The molecule has 6 heteroatoms. The first-order chi connectivity index (χ1) is 10.5. The van der Waals surface area contributed by atoms with Crippen LogP contribution in [0.2, 0.25) is 0 Å². The molecule has 0 bridgehead atoms. The van der Waals surface area contributed by atoms with Gasteiger partial charge in [-0.3, -0.25) is 0 Å². The smallest absolute Gasteiger partial charge is 0.239 e. The molecule has 0 saturated heterocycles. The monoisotopic (exact) mass is 333 g/mol. The van der Waals surface area contributed by atoms with E-state index in [2.05, 4.69) is 0 Å². The third kappa shape index (κ3) is 2.66. The zero-order chi connectivity index (χ0) is 15.7. The van der Waals surface area contributed by atoms with E-state index in [1.54, 1.807) is 12.5 Å². The van der Waals surface area contributed by atoms with Crippen LogP contribution in [0.15, 0.2) is 58.8 Å². The highest BCUT2D eigenvalue weighted by molar-refractivity contribution is 7.89. The van der Waals surface area contributed by atoms with E-state index < -0.39 is 10.0 Å². The van der Waals surface area contributed by atoms with Crippen LogP contribution in [0, 0.1) is 0 Å². The first-order valence-corrected chi connectivity index (χ1v) is 9.05. The summed E-state index contributed by atoms with van der Waals surface area (Å²) in [5.74, 6) is 0. The Kier molecular flexibility index (Phi) is 4.01. The number of thiophene rings is 1. The van der Waals surface area contributed by atoms with Crippen LogP contribution in [-0.2, 0) is 14.8 Å². The van der Waals surface area contributed by atoms with Gasteiger partial charge in [-0.25, -0.2) is 13.6 Å². The van der Waals surface area contributed by atoms with Gasteiger partial charge in [-0.15, -0.1) is 11.3 Å². The predicted octanol–water partition coefficient (Wildman–Crippen LogP) is 3.28. The van der Waals surface area contributed by atoms with Gasteiger partial charge in [0.25, 0.3) is 0 Å². The van der Waals surface area contributed by atoms with Crippen LogP contribution in [-0.4, -0.2) is 15.5 Å². The van der Waals surface area contributed by atoms with Crippen LogP contribution in [0.5, 0.6) is 0 Å². The number of fused-ring (bicyclic) bond motifs is 1. The van der Waals surface area contributed by atoms with E-state index in [0.29, 0.717) is 5.39 Å². The highest BCUT2D eigenvalue weighted by Crippen LogP contribution is 2.37. The molecule has 0 fully saturated rings. The Hall–Kier alpha value is -1.73. The number of primary sulfonamides is 1. The first-order valence-electron chi connectivity index (χ1n) is 6.63. The molecular weight excluding hydrogens is 318 g/mol. The molecule has 2 N–H and O–H groups in total. The normalized spacial score (nSPS) is 13.4. The summed E-state index contributed by atoms with van der Waals surface area (Å²) in [7, 11) is -2.17. The second-order valence-electron chi connectivity index (χ2n) is 4.89. The van der Waals surface area contributed by atoms with Crippen LogP contribution in [0.1, 0.15) is 17.2 Å². The molecule has 114 valence electrons. The topological polar surface area (TPSA) is 69.4 Å². The van der Waals surface area contributed by atoms with Gasteiger partial charge in [-0.1, -0.05) is 42.5 Å². The third-order valence-corrected chi connectivity index (χ3v) is 5.56. The SMILES string of the molecule is COC(c1ccccc1)c1cccc2scc(S(N)(=O)=O)c12. The molecule has 0 radical (unpaired) electrons. The second-order valence-corrected chi connectivity index (χ2v) is 7.33. The average molecular weight is 333 g/mol. The van der Waals surface area contributed by atoms with Crippen molar-refractivity contribution in [1.82, 2.24) is 0 Å². The highest BCUT2D eigenvalue weighted by Gasteiger charge is 2.22. The van der Waals surface area contributed by atoms with Crippen molar-refractivity contribution < 1.29 is 13.2 Å². The molecule has 0 spiro atoms. The largest absolute Gasteiger partial charge is 0.372 e. The maximum Gasteiger partial charge on any atom is 0.239 e. The van der Waals surface area contributed by atoms with Gasteiger partial charge in [0.05, 0.1) is 0 Å². The van der Waals surface area contributed by atoms with Crippen molar-refractivity contribution in [3.8, 4) is 0 Å². The summed E-state index contributed by atoms with van der Waals surface area (Å²) < 4.78 is 30.2. The molecule has 1 atom stereocenters. The van der Waals surface area contributed by atoms with Crippen molar-refractivity contribution in [3.63, 3.8) is 0 Å². The molecule has 0 aliphatic rings. The lowest BCUT2D eigenvalue weighted by molar-refractivity contribution is 0.137. The van der Waals surface area contributed by atoms with Crippen molar-refractivity contribution in [1.29, 1.82) is 0 Å². The molecule has 0 aliphatic heterocycles. The lowest BCUT2D eigenvalue weighted by Gasteiger charge is -2.18. The summed E-state index contributed by atoms with van der Waals surface area (Å²) in [6, 6.07) is 15.4. The van der Waals surface area contributed by atoms with Gasteiger partial charge < -0.3 is 4.74 Å². The fraction of sp³-hybridized carbons (Fsp3) is 0.125. The van der Waals surface area contributed by atoms with Crippen molar-refractivity contribution in [2.24, 2.45) is 5.14 Å². The third-order valence-electron chi connectivity index (χ3n) is 3.52. The molecule has 4 nitrogen and oxygen atoms in total. The van der Waals surface area contributed by atoms with E-state index in [0.717, 1.165) is 15.8 Å². The maximum atomic E-state index is 11.9. The Morgan fingerprint density at radius 3 is 2.45 bits per heavy atom. The van der Waals surface area contributed by atoms with E-state index in [-0.39, 0.29) is 11.0 Å². The Morgan fingerprint density at radius 1 is 1.09 bits per heavy atom. The molecule has 2 aromatic carbocycles. The quantitative estimate of drug-likeness (QED) is 0.796. The zero-order valence-corrected chi connectivity index (χ0v) is 13.5. The fourth-order valence-electron chi connectivity index (χ4n) is 2.58. The standard InChI is InChI=1S/C16H15NO3S2/c1-20-16(11-6-3-2-4-7-11)12-8-5-9-13-15(12)14(10-21-13)22(17,18)19/h2-10,16H,1H3,(H2,17,18,19). The van der Waals surface area contributed by atoms with E-state index in [1.165, 1.54) is 11.3 Å². The average Bonchev–Trinajstić information content (AvgIpc) is 2.94. The van der Waals surface area contributed by atoms with Crippen molar-refractivity contribution >= 4 is 31.4 Å². The van der Waals surface area contributed by atoms with Crippen LogP contribution >= 0.6 is 11.3 Å². The number of nitrogens with two attached hydrogens (primary N) is 1. The van der Waals surface area contributed by atoms with Crippen LogP contribution in [0.25, 0.3) is 10.1 Å². The summed E-state index contributed by atoms with van der Waals surface area (Å²) in [6.07, 6.45) is -0.347. The van der Waals surface area contributed by atoms with Crippen LogP contribution < -0.4 is 5.14 Å². The predicted molar refractivity (Wildman–Crippen MR) is 88.5 cm³/mol. The minimum Gasteiger partial charge on any atom is -0.372 e. The zero-order valence-electron chi connectivity index (χ0n) is 11.9. The minimum atomic E-state index is -3.78. The molecule has 1 heterocycles. The summed E-state index contributed by atoms with van der Waals surface area (Å²) in [5, 5.41) is 7.58. The van der Waals surface area contributed by atoms with Crippen LogP contribution in [0.4, 0.5) is 0 Å². The summed E-state index contributed by atoms with van der Waals surface area (Å²) in [4.78, 5) is 0.154. The number of hydrogen-bond acceptors (Lipinski definition) is 4. The lowest BCUT2D eigenvalue weighted by atomic mass is 9.98. The molecule has 3 aromatic rings. The van der Waals surface area contributed by atoms with Gasteiger partial charge >= 0.3 is 0 Å². The molecule has 0 amide bonds. The maximum absolute atomic E-state index is 11.9. The van der Waals surface area contributed by atoms with Gasteiger partial charge in [0.2, 0.25) is 10.0 Å². The van der Waals surface area contributed by atoms with E-state index in [4.69, 9.17) is 9.88 Å². The number of methoxy groups -OCH3 is 1. The van der Waals surface area contributed by atoms with Gasteiger partial charge in [0.15, 0.2) is 0 Å². The number of sulfonamides is 1. The molecule has 0 saturated carbocycles. The fourth-order valence-corrected chi connectivity index (χ4v) is 4.70. The number of rotatable bonds is 4. The first kappa shape index (κ1) is 15.2. The van der Waals surface area contributed by atoms with Gasteiger partial charge in [0.1, 0.15) is 11.0 Å². The molecule has 0 aliphatic carbocycles. The van der Waals surface area contributed by atoms with Crippen molar-refractivity contribution in [2.45, 2.75) is 11.0 Å². The molecule has 1 aromatic heterocycles.